The number of rotatable bonds is 4. The molecule has 0 N–H and O–H groups in total. The number of para-hydroxylation sites is 4. The average Bonchev–Trinajstić information content (AvgIpc) is 3.82. The molecule has 0 unspecified atom stereocenters. The number of furan rings is 2. The third-order valence-electron chi connectivity index (χ3n) is 11.7. The largest absolute Gasteiger partial charge is 0.455 e. The lowest BCUT2D eigenvalue weighted by Gasteiger charge is -2.18. The predicted molar refractivity (Wildman–Crippen MR) is 231 cm³/mol. The van der Waals surface area contributed by atoms with Gasteiger partial charge in [-0.3, -0.25) is 0 Å². The fourth-order valence-electron chi connectivity index (χ4n) is 9.08. The van der Waals surface area contributed by atoms with Crippen molar-refractivity contribution in [2.75, 3.05) is 0 Å². The standard InChI is InChI=1S/C53H32O2/c1-31-16-18-32(19-17-31)38-24-20-33-23-27-45-39(25-21-34-22-26-44(38)50(33)51(34)45)35-28-36(40-10-6-12-46-42-8-2-4-14-48(42)54-52(40)46)30-37(29-35)41-11-7-13-47-43-9-3-5-15-49(43)55-53(41)47/h2-30H,1H3. The molecule has 0 aliphatic rings. The van der Waals surface area contributed by atoms with Crippen molar-refractivity contribution in [2.45, 2.75) is 6.92 Å². The molecule has 10 aromatic carbocycles. The van der Waals surface area contributed by atoms with Crippen LogP contribution in [0, 0.1) is 6.92 Å². The minimum atomic E-state index is 0.894. The van der Waals surface area contributed by atoms with Crippen LogP contribution in [0.2, 0.25) is 0 Å². The number of hydrogen-bond acceptors (Lipinski definition) is 2. The maximum absolute atomic E-state index is 6.62. The maximum Gasteiger partial charge on any atom is 0.143 e. The lowest BCUT2D eigenvalue weighted by atomic mass is 9.86. The fourth-order valence-corrected chi connectivity index (χ4v) is 9.08. The first-order chi connectivity index (χ1) is 27.2. The second-order valence-corrected chi connectivity index (χ2v) is 14.9. The Balaban J connectivity index is 1.15. The zero-order chi connectivity index (χ0) is 36.2. The molecule has 0 saturated heterocycles. The molecule has 0 saturated carbocycles. The molecule has 0 atom stereocenters. The van der Waals surface area contributed by atoms with E-state index >= 15 is 0 Å². The van der Waals surface area contributed by atoms with Crippen LogP contribution < -0.4 is 0 Å². The van der Waals surface area contributed by atoms with Gasteiger partial charge in [0.25, 0.3) is 0 Å². The molecular formula is C53H32O2. The van der Waals surface area contributed by atoms with E-state index in [9.17, 15) is 0 Å². The van der Waals surface area contributed by atoms with Crippen molar-refractivity contribution >= 4 is 76.2 Å². The lowest BCUT2D eigenvalue weighted by Crippen LogP contribution is -1.91. The molecule has 0 fully saturated rings. The van der Waals surface area contributed by atoms with Crippen molar-refractivity contribution in [3.8, 4) is 44.5 Å². The summed E-state index contributed by atoms with van der Waals surface area (Å²) in [6.45, 7) is 2.14. The first kappa shape index (κ1) is 30.3. The molecule has 0 aliphatic carbocycles. The van der Waals surface area contributed by atoms with Gasteiger partial charge in [0.2, 0.25) is 0 Å². The molecule has 0 amide bonds. The molecule has 0 aliphatic heterocycles. The summed E-state index contributed by atoms with van der Waals surface area (Å²) in [5.41, 5.74) is 14.0. The highest BCUT2D eigenvalue weighted by molar-refractivity contribution is 6.27. The van der Waals surface area contributed by atoms with Crippen LogP contribution in [0.25, 0.3) is 121 Å². The Morgan fingerprint density at radius 1 is 0.309 bits per heavy atom. The summed E-state index contributed by atoms with van der Waals surface area (Å²) in [5.74, 6) is 0. The van der Waals surface area contributed by atoms with Gasteiger partial charge in [-0.15, -0.1) is 0 Å². The van der Waals surface area contributed by atoms with Crippen LogP contribution in [-0.4, -0.2) is 0 Å². The molecule has 256 valence electrons. The van der Waals surface area contributed by atoms with Crippen molar-refractivity contribution in [3.05, 3.63) is 181 Å². The van der Waals surface area contributed by atoms with Crippen molar-refractivity contribution in [1.82, 2.24) is 0 Å². The van der Waals surface area contributed by atoms with E-state index in [-0.39, 0.29) is 0 Å². The quantitative estimate of drug-likeness (QED) is 0.171. The van der Waals surface area contributed by atoms with Crippen molar-refractivity contribution < 1.29 is 8.83 Å². The van der Waals surface area contributed by atoms with Crippen LogP contribution in [0.4, 0.5) is 0 Å². The molecule has 55 heavy (non-hydrogen) atoms. The summed E-state index contributed by atoms with van der Waals surface area (Å²) < 4.78 is 13.2. The lowest BCUT2D eigenvalue weighted by molar-refractivity contribution is 0.670. The molecule has 0 radical (unpaired) electrons. The Labute approximate surface area is 316 Å². The van der Waals surface area contributed by atoms with Gasteiger partial charge in [-0.1, -0.05) is 151 Å². The monoisotopic (exact) mass is 700 g/mol. The molecule has 2 aromatic heterocycles. The fraction of sp³-hybridized carbons (Fsp3) is 0.0189. The van der Waals surface area contributed by atoms with E-state index < -0.39 is 0 Å². The third-order valence-corrected chi connectivity index (χ3v) is 11.7. The summed E-state index contributed by atoms with van der Waals surface area (Å²) in [7, 11) is 0. The van der Waals surface area contributed by atoms with Gasteiger partial charge in [0.1, 0.15) is 22.3 Å². The summed E-state index contributed by atoms with van der Waals surface area (Å²) in [4.78, 5) is 0. The van der Waals surface area contributed by atoms with Gasteiger partial charge < -0.3 is 8.83 Å². The van der Waals surface area contributed by atoms with Gasteiger partial charge in [-0.2, -0.15) is 0 Å². The van der Waals surface area contributed by atoms with Crippen molar-refractivity contribution in [2.24, 2.45) is 0 Å². The van der Waals surface area contributed by atoms with Crippen molar-refractivity contribution in [3.63, 3.8) is 0 Å². The third kappa shape index (κ3) is 4.49. The van der Waals surface area contributed by atoms with Crippen LogP contribution in [0.15, 0.2) is 185 Å². The van der Waals surface area contributed by atoms with Crippen LogP contribution in [0.3, 0.4) is 0 Å². The Morgan fingerprint density at radius 2 is 0.745 bits per heavy atom. The Kier molecular flexibility index (Phi) is 6.29. The van der Waals surface area contributed by atoms with Gasteiger partial charge in [0.05, 0.1) is 0 Å². The van der Waals surface area contributed by atoms with Crippen LogP contribution in [-0.2, 0) is 0 Å². The normalized spacial score (nSPS) is 12.1. The smallest absolute Gasteiger partial charge is 0.143 e. The minimum absolute atomic E-state index is 0.894. The second-order valence-electron chi connectivity index (χ2n) is 14.9. The zero-order valence-corrected chi connectivity index (χ0v) is 30.1. The first-order valence-electron chi connectivity index (χ1n) is 18.9. The molecule has 12 aromatic rings. The summed E-state index contributed by atoms with van der Waals surface area (Å²) in [5, 5.41) is 12.1. The number of hydrogen-bond donors (Lipinski definition) is 0. The van der Waals surface area contributed by atoms with Gasteiger partial charge in [0, 0.05) is 32.7 Å². The molecule has 2 heterocycles. The average molecular weight is 701 g/mol. The van der Waals surface area contributed by atoms with Crippen molar-refractivity contribution in [1.29, 1.82) is 0 Å². The van der Waals surface area contributed by atoms with E-state index in [1.807, 2.05) is 12.1 Å². The molecule has 2 nitrogen and oxygen atoms in total. The number of fused-ring (bicyclic) bond motifs is 6. The highest BCUT2D eigenvalue weighted by Crippen LogP contribution is 2.46. The predicted octanol–water partition coefficient (Wildman–Crippen LogP) is 15.4. The van der Waals surface area contributed by atoms with Gasteiger partial charge in [-0.05, 0) is 103 Å². The highest BCUT2D eigenvalue weighted by Gasteiger charge is 2.20. The summed E-state index contributed by atoms with van der Waals surface area (Å²) in [6, 6.07) is 63.8. The van der Waals surface area contributed by atoms with Gasteiger partial charge in [-0.25, -0.2) is 0 Å². The molecule has 12 rings (SSSR count). The highest BCUT2D eigenvalue weighted by atomic mass is 16.3. The molecule has 0 bridgehead atoms. The van der Waals surface area contributed by atoms with E-state index in [2.05, 4.69) is 171 Å². The number of benzene rings is 10. The van der Waals surface area contributed by atoms with Crippen LogP contribution in [0.5, 0.6) is 0 Å². The van der Waals surface area contributed by atoms with Gasteiger partial charge >= 0.3 is 0 Å². The Bertz CT molecular complexity index is 3350. The van der Waals surface area contributed by atoms with Gasteiger partial charge in [0.15, 0.2) is 0 Å². The van der Waals surface area contributed by atoms with Crippen LogP contribution >= 0.6 is 0 Å². The molecular weight excluding hydrogens is 669 g/mol. The summed E-state index contributed by atoms with van der Waals surface area (Å²) in [6.07, 6.45) is 0. The topological polar surface area (TPSA) is 26.3 Å². The maximum atomic E-state index is 6.62. The zero-order valence-electron chi connectivity index (χ0n) is 30.1. The second kappa shape index (κ2) is 11.4. The Hall–Kier alpha value is -7.16. The van der Waals surface area contributed by atoms with E-state index in [1.165, 1.54) is 54.6 Å². The SMILES string of the molecule is Cc1ccc(-c2ccc3ccc4c(-c5cc(-c6cccc7c6oc6ccccc67)cc(-c6cccc7c6oc6ccccc67)c5)ccc5ccc2c3c54)cc1. The first-order valence-corrected chi connectivity index (χ1v) is 18.9. The van der Waals surface area contributed by atoms with E-state index in [4.69, 9.17) is 8.83 Å². The van der Waals surface area contributed by atoms with E-state index in [1.54, 1.807) is 0 Å². The Morgan fingerprint density at radius 3 is 1.27 bits per heavy atom. The van der Waals surface area contributed by atoms with E-state index in [0.717, 1.165) is 71.7 Å². The van der Waals surface area contributed by atoms with Crippen LogP contribution in [0.1, 0.15) is 5.56 Å². The number of aryl methyl sites for hydroxylation is 1. The molecule has 0 spiro atoms. The minimum Gasteiger partial charge on any atom is -0.455 e. The summed E-state index contributed by atoms with van der Waals surface area (Å²) >= 11 is 0. The van der Waals surface area contributed by atoms with E-state index in [0.29, 0.717) is 0 Å². The molecule has 2 heteroatoms.